The summed E-state index contributed by atoms with van der Waals surface area (Å²) in [6.07, 6.45) is 18.8. The van der Waals surface area contributed by atoms with Crippen molar-refractivity contribution in [2.75, 3.05) is 32.1 Å². The first-order valence-electron chi connectivity index (χ1n) is 19.3. The summed E-state index contributed by atoms with van der Waals surface area (Å²) in [5.41, 5.74) is 8.23. The molecule has 1 aliphatic heterocycles. The molecule has 288 valence electrons. The maximum absolute atomic E-state index is 14.2. The molecular weight excluding hydrogens is 679 g/mol. The van der Waals surface area contributed by atoms with Gasteiger partial charge in [0, 0.05) is 36.4 Å². The number of carbonyl (C=O) groups is 3. The van der Waals surface area contributed by atoms with Crippen LogP contribution >= 0.6 is 0 Å². The molecule has 0 saturated carbocycles. The molecule has 2 aromatic rings. The highest BCUT2D eigenvalue weighted by Gasteiger charge is 2.34. The molecule has 5 rings (SSSR count). The van der Waals surface area contributed by atoms with Crippen LogP contribution in [0.1, 0.15) is 81.4 Å². The standard InChI is InChI=1S/C44H57N5O5/c1-5-32-15-12-14-31(3)38(21-13-16-32)48-43(51)46-27-36-29-54-37(28-45-36)24-23-35-26-30(2)22-25-39(35)47-42(50)41(49-44(52)53-4)40(33-17-8-6-9-18-33)34-19-10-7-11-20-34/h6-10,13,16-19,21-22,25-26,36-37,40-41,45H,5,11-12,14-15,20,23-24,27-29H2,1-4H3,(H,47,50)(H,49,52)(H2,46,48,51). The predicted octanol–water partition coefficient (Wildman–Crippen LogP) is 7.66. The number of anilines is 1. The Hall–Kier alpha value is -4.93. The Bertz CT molecular complexity index is 1750. The number of hydrogen-bond acceptors (Lipinski definition) is 6. The number of carbonyl (C=O) groups excluding carboxylic acids is 3. The summed E-state index contributed by atoms with van der Waals surface area (Å²) in [4.78, 5) is 39.7. The summed E-state index contributed by atoms with van der Waals surface area (Å²) >= 11 is 0. The van der Waals surface area contributed by atoms with E-state index in [2.05, 4.69) is 58.6 Å². The molecule has 54 heavy (non-hydrogen) atoms. The van der Waals surface area contributed by atoms with E-state index in [-0.39, 0.29) is 30.0 Å². The van der Waals surface area contributed by atoms with E-state index in [1.165, 1.54) is 18.3 Å². The van der Waals surface area contributed by atoms with E-state index in [4.69, 9.17) is 9.47 Å². The normalized spacial score (nSPS) is 19.9. The van der Waals surface area contributed by atoms with Gasteiger partial charge in [0.25, 0.3) is 0 Å². The number of hydrogen-bond donors (Lipinski definition) is 5. The van der Waals surface area contributed by atoms with Crippen molar-refractivity contribution >= 4 is 23.7 Å². The third kappa shape index (κ3) is 11.8. The fraction of sp³-hybridized carbons (Fsp3) is 0.432. The van der Waals surface area contributed by atoms with Gasteiger partial charge in [0.05, 0.1) is 19.8 Å². The highest BCUT2D eigenvalue weighted by molar-refractivity contribution is 5.98. The first-order valence-corrected chi connectivity index (χ1v) is 19.3. The van der Waals surface area contributed by atoms with Gasteiger partial charge in [0.2, 0.25) is 5.91 Å². The SMILES string of the molecule is CCC1=CC=CC(NC(=O)NCC2COC(CCc3cc(C)ccc3NC(=O)C(NC(=O)OC)C(C3=CC=CCC3)c3ccccc3)CN2)=C(C)CCC1. The highest BCUT2D eigenvalue weighted by Crippen LogP contribution is 2.34. The fourth-order valence-corrected chi connectivity index (χ4v) is 7.26. The molecule has 10 nitrogen and oxygen atoms in total. The smallest absolute Gasteiger partial charge is 0.407 e. The molecule has 10 heteroatoms. The van der Waals surface area contributed by atoms with E-state index in [1.54, 1.807) is 0 Å². The van der Waals surface area contributed by atoms with Gasteiger partial charge in [0.15, 0.2) is 0 Å². The lowest BCUT2D eigenvalue weighted by Gasteiger charge is -2.31. The quantitative estimate of drug-likeness (QED) is 0.144. The van der Waals surface area contributed by atoms with Crippen molar-refractivity contribution in [3.8, 4) is 0 Å². The number of rotatable bonds is 13. The lowest BCUT2D eigenvalue weighted by molar-refractivity contribution is -0.118. The van der Waals surface area contributed by atoms with E-state index in [9.17, 15) is 14.4 Å². The molecule has 0 bridgehead atoms. The lowest BCUT2D eigenvalue weighted by atomic mass is 9.80. The minimum absolute atomic E-state index is 0.00593. The van der Waals surface area contributed by atoms with Crippen molar-refractivity contribution in [3.63, 3.8) is 0 Å². The van der Waals surface area contributed by atoms with Crippen LogP contribution < -0.4 is 26.6 Å². The van der Waals surface area contributed by atoms with Gasteiger partial charge in [-0.1, -0.05) is 96.5 Å². The molecule has 2 aliphatic carbocycles. The predicted molar refractivity (Wildman–Crippen MR) is 215 cm³/mol. The lowest BCUT2D eigenvalue weighted by Crippen LogP contribution is -2.52. The van der Waals surface area contributed by atoms with Gasteiger partial charge in [-0.05, 0) is 94.1 Å². The minimum atomic E-state index is -0.908. The molecule has 0 spiro atoms. The first kappa shape index (κ1) is 40.3. The average Bonchev–Trinajstić information content (AvgIpc) is 3.28. The Labute approximate surface area is 320 Å². The zero-order valence-electron chi connectivity index (χ0n) is 32.2. The minimum Gasteiger partial charge on any atom is -0.453 e. The zero-order chi connectivity index (χ0) is 38.3. The van der Waals surface area contributed by atoms with Crippen molar-refractivity contribution in [2.24, 2.45) is 0 Å². The fourth-order valence-electron chi connectivity index (χ4n) is 7.26. The number of allylic oxidation sites excluding steroid dienone is 8. The van der Waals surface area contributed by atoms with Gasteiger partial charge in [-0.3, -0.25) is 4.79 Å². The van der Waals surface area contributed by atoms with Crippen LogP contribution in [0.2, 0.25) is 0 Å². The second-order valence-electron chi connectivity index (χ2n) is 14.4. The summed E-state index contributed by atoms with van der Waals surface area (Å²) in [6.45, 7) is 7.85. The van der Waals surface area contributed by atoms with Crippen LogP contribution in [0.15, 0.2) is 107 Å². The number of methoxy groups -OCH3 is 1. The molecule has 4 atom stereocenters. The Kier molecular flexibility index (Phi) is 15.3. The average molecular weight is 736 g/mol. The van der Waals surface area contributed by atoms with E-state index in [0.29, 0.717) is 31.8 Å². The number of amides is 4. The van der Waals surface area contributed by atoms with Gasteiger partial charge >= 0.3 is 12.1 Å². The molecular formula is C44H57N5O5. The molecule has 4 amide bonds. The number of alkyl carbamates (subject to hydrolysis) is 1. The third-order valence-corrected chi connectivity index (χ3v) is 10.4. The van der Waals surface area contributed by atoms with Crippen LogP contribution in [0.3, 0.4) is 0 Å². The van der Waals surface area contributed by atoms with Crippen molar-refractivity contribution in [3.05, 3.63) is 124 Å². The van der Waals surface area contributed by atoms with Gasteiger partial charge in [-0.15, -0.1) is 0 Å². The maximum Gasteiger partial charge on any atom is 0.407 e. The second kappa shape index (κ2) is 20.5. The summed E-state index contributed by atoms with van der Waals surface area (Å²) in [5, 5.41) is 15.6. The Balaban J connectivity index is 1.17. The molecule has 0 radical (unpaired) electrons. The summed E-state index contributed by atoms with van der Waals surface area (Å²) in [5.74, 6) is -0.699. The number of nitrogens with one attached hydrogen (secondary N) is 5. The van der Waals surface area contributed by atoms with Crippen LogP contribution in [0.5, 0.6) is 0 Å². The van der Waals surface area contributed by atoms with Gasteiger partial charge < -0.3 is 36.1 Å². The topological polar surface area (TPSA) is 130 Å². The van der Waals surface area contributed by atoms with Crippen LogP contribution in [-0.2, 0) is 20.7 Å². The summed E-state index contributed by atoms with van der Waals surface area (Å²) < 4.78 is 11.2. The van der Waals surface area contributed by atoms with E-state index >= 15 is 0 Å². The Morgan fingerprint density at radius 1 is 1.00 bits per heavy atom. The van der Waals surface area contributed by atoms with Crippen LogP contribution in [0.4, 0.5) is 15.3 Å². The molecule has 2 aromatic carbocycles. The maximum atomic E-state index is 14.2. The summed E-state index contributed by atoms with van der Waals surface area (Å²) in [7, 11) is 1.30. The van der Waals surface area contributed by atoms with Crippen LogP contribution in [0.25, 0.3) is 0 Å². The number of ether oxygens (including phenoxy) is 2. The molecule has 1 fully saturated rings. The monoisotopic (exact) mass is 735 g/mol. The number of aryl methyl sites for hydroxylation is 2. The Morgan fingerprint density at radius 2 is 1.83 bits per heavy atom. The largest absolute Gasteiger partial charge is 0.453 e. The molecule has 1 heterocycles. The Morgan fingerprint density at radius 3 is 2.56 bits per heavy atom. The number of morpholine rings is 1. The third-order valence-electron chi connectivity index (χ3n) is 10.4. The number of urea groups is 1. The van der Waals surface area contributed by atoms with Gasteiger partial charge in [-0.25, -0.2) is 9.59 Å². The van der Waals surface area contributed by atoms with Gasteiger partial charge in [-0.2, -0.15) is 0 Å². The van der Waals surface area contributed by atoms with Crippen molar-refractivity contribution < 1.29 is 23.9 Å². The first-order chi connectivity index (χ1) is 26.2. The van der Waals surface area contributed by atoms with E-state index in [0.717, 1.165) is 72.9 Å². The zero-order valence-corrected chi connectivity index (χ0v) is 32.2. The van der Waals surface area contributed by atoms with Crippen LogP contribution in [-0.4, -0.2) is 63.0 Å². The van der Waals surface area contributed by atoms with E-state index < -0.39 is 12.1 Å². The highest BCUT2D eigenvalue weighted by atomic mass is 16.5. The molecule has 0 aromatic heterocycles. The van der Waals surface area contributed by atoms with Crippen molar-refractivity contribution in [2.45, 2.75) is 96.2 Å². The summed E-state index contributed by atoms with van der Waals surface area (Å²) in [6, 6.07) is 14.7. The molecule has 4 unspecified atom stereocenters. The van der Waals surface area contributed by atoms with Crippen molar-refractivity contribution in [1.29, 1.82) is 0 Å². The van der Waals surface area contributed by atoms with Gasteiger partial charge in [0.1, 0.15) is 6.04 Å². The molecule has 3 aliphatic rings. The van der Waals surface area contributed by atoms with E-state index in [1.807, 2.05) is 73.7 Å². The second-order valence-corrected chi connectivity index (χ2v) is 14.4. The number of benzene rings is 2. The van der Waals surface area contributed by atoms with Crippen molar-refractivity contribution in [1.82, 2.24) is 21.3 Å². The molecule has 5 N–H and O–H groups in total. The molecule has 1 saturated heterocycles. The van der Waals surface area contributed by atoms with Crippen LogP contribution in [0, 0.1) is 6.92 Å².